The van der Waals surface area contributed by atoms with E-state index in [1.807, 2.05) is 19.2 Å². The normalized spacial score (nSPS) is 20.9. The molecule has 1 aromatic rings. The Morgan fingerprint density at radius 3 is 2.75 bits per heavy atom. The Morgan fingerprint density at radius 2 is 2.10 bits per heavy atom. The van der Waals surface area contributed by atoms with Crippen LogP contribution < -0.4 is 5.32 Å². The van der Waals surface area contributed by atoms with Gasteiger partial charge >= 0.3 is 0 Å². The quantitative estimate of drug-likeness (QED) is 0.805. The van der Waals surface area contributed by atoms with Crippen LogP contribution in [0.2, 0.25) is 0 Å². The van der Waals surface area contributed by atoms with Gasteiger partial charge in [-0.3, -0.25) is 0 Å². The fourth-order valence-electron chi connectivity index (χ4n) is 3.68. The first-order valence-electron chi connectivity index (χ1n) is 7.52. The van der Waals surface area contributed by atoms with Crippen molar-refractivity contribution >= 4 is 23.8 Å². The molecule has 1 N–H and O–H groups in total. The van der Waals surface area contributed by atoms with Crippen molar-refractivity contribution in [1.29, 1.82) is 0 Å². The smallest absolute Gasteiger partial charge is 0.140 e. The van der Waals surface area contributed by atoms with Gasteiger partial charge in [-0.25, -0.2) is 4.99 Å². The molecule has 0 amide bonds. The zero-order valence-electron chi connectivity index (χ0n) is 12.3. The fraction of sp³-hybridized carbons (Fsp3) is 0.471. The Hall–Kier alpha value is -1.77. The molecule has 20 heavy (non-hydrogen) atoms. The summed E-state index contributed by atoms with van der Waals surface area (Å²) in [6.45, 7) is 11.0. The lowest BCUT2D eigenvalue weighted by molar-refractivity contribution is 0.187. The molecule has 2 heterocycles. The molecule has 0 atom stereocenters. The van der Waals surface area contributed by atoms with Gasteiger partial charge in [0.05, 0.1) is 16.9 Å². The first-order valence-corrected chi connectivity index (χ1v) is 7.52. The summed E-state index contributed by atoms with van der Waals surface area (Å²) in [5, 5.41) is 3.50. The maximum Gasteiger partial charge on any atom is 0.140 e. The SMILES string of the molecule is C=Cc1cc2n(c1/N=C\C)C1(CCCCC1)CNC2=C. The van der Waals surface area contributed by atoms with Crippen molar-refractivity contribution in [3.05, 3.63) is 30.5 Å². The number of fused-ring (bicyclic) bond motifs is 2. The maximum absolute atomic E-state index is 4.63. The van der Waals surface area contributed by atoms with E-state index in [-0.39, 0.29) is 5.54 Å². The van der Waals surface area contributed by atoms with Crippen LogP contribution >= 0.6 is 0 Å². The summed E-state index contributed by atoms with van der Waals surface area (Å²) in [4.78, 5) is 4.63. The van der Waals surface area contributed by atoms with Crippen LogP contribution in [-0.4, -0.2) is 17.3 Å². The second kappa shape index (κ2) is 4.97. The van der Waals surface area contributed by atoms with Crippen LogP contribution in [-0.2, 0) is 5.54 Å². The highest BCUT2D eigenvalue weighted by atomic mass is 15.2. The van der Waals surface area contributed by atoms with E-state index >= 15 is 0 Å². The molecule has 0 radical (unpaired) electrons. The molecule has 3 rings (SSSR count). The molecule has 2 aliphatic rings. The Balaban J connectivity index is 2.22. The first-order chi connectivity index (χ1) is 9.72. The van der Waals surface area contributed by atoms with Crippen molar-refractivity contribution in [2.45, 2.75) is 44.6 Å². The monoisotopic (exact) mass is 269 g/mol. The first kappa shape index (κ1) is 13.2. The topological polar surface area (TPSA) is 29.3 Å². The van der Waals surface area contributed by atoms with Gasteiger partial charge in [0.25, 0.3) is 0 Å². The fourth-order valence-corrected chi connectivity index (χ4v) is 3.68. The summed E-state index contributed by atoms with van der Waals surface area (Å²) in [6, 6.07) is 2.17. The molecular weight excluding hydrogens is 246 g/mol. The van der Waals surface area contributed by atoms with E-state index < -0.39 is 0 Å². The van der Waals surface area contributed by atoms with E-state index in [4.69, 9.17) is 0 Å². The zero-order chi connectivity index (χ0) is 14.2. The Labute approximate surface area is 121 Å². The average Bonchev–Trinajstić information content (AvgIpc) is 2.85. The van der Waals surface area contributed by atoms with Crippen molar-refractivity contribution in [3.8, 4) is 0 Å². The lowest BCUT2D eigenvalue weighted by atomic mass is 9.80. The largest absolute Gasteiger partial charge is 0.381 e. The van der Waals surface area contributed by atoms with Gasteiger partial charge in [0.1, 0.15) is 5.82 Å². The summed E-state index contributed by atoms with van der Waals surface area (Å²) in [7, 11) is 0. The molecule has 3 nitrogen and oxygen atoms in total. The van der Waals surface area contributed by atoms with Gasteiger partial charge in [0, 0.05) is 18.3 Å². The maximum atomic E-state index is 4.63. The minimum Gasteiger partial charge on any atom is -0.381 e. The van der Waals surface area contributed by atoms with Gasteiger partial charge in [-0.1, -0.05) is 38.5 Å². The minimum absolute atomic E-state index is 0.165. The minimum atomic E-state index is 0.165. The van der Waals surface area contributed by atoms with Crippen LogP contribution in [0, 0.1) is 0 Å². The summed E-state index contributed by atoms with van der Waals surface area (Å²) in [5.41, 5.74) is 3.45. The predicted molar refractivity (Wildman–Crippen MR) is 86.4 cm³/mol. The molecule has 1 saturated carbocycles. The summed E-state index contributed by atoms with van der Waals surface area (Å²) >= 11 is 0. The van der Waals surface area contributed by atoms with Crippen molar-refractivity contribution in [2.75, 3.05) is 6.54 Å². The van der Waals surface area contributed by atoms with Gasteiger partial charge < -0.3 is 9.88 Å². The van der Waals surface area contributed by atoms with E-state index in [2.05, 4.69) is 34.1 Å². The van der Waals surface area contributed by atoms with Crippen molar-refractivity contribution < 1.29 is 0 Å². The number of hydrogen-bond acceptors (Lipinski definition) is 2. The Bertz CT molecular complexity index is 571. The number of nitrogens with zero attached hydrogens (tertiary/aromatic N) is 2. The highest BCUT2D eigenvalue weighted by Gasteiger charge is 2.40. The molecule has 0 bridgehead atoms. The predicted octanol–water partition coefficient (Wildman–Crippen LogP) is 4.09. The van der Waals surface area contributed by atoms with Gasteiger partial charge in [0.2, 0.25) is 0 Å². The second-order valence-corrected chi connectivity index (χ2v) is 5.85. The number of aliphatic imine (C=N–C) groups is 1. The van der Waals surface area contributed by atoms with Crippen LogP contribution in [0.3, 0.4) is 0 Å². The molecule has 1 aliphatic heterocycles. The molecular formula is C17H23N3. The van der Waals surface area contributed by atoms with E-state index in [9.17, 15) is 0 Å². The van der Waals surface area contributed by atoms with Crippen molar-refractivity contribution in [1.82, 2.24) is 9.88 Å². The molecule has 1 spiro atoms. The average molecular weight is 269 g/mol. The molecule has 1 aromatic heterocycles. The third kappa shape index (κ3) is 1.84. The molecule has 0 unspecified atom stereocenters. The number of nitrogens with one attached hydrogen (secondary N) is 1. The van der Waals surface area contributed by atoms with Crippen LogP contribution in [0.25, 0.3) is 11.8 Å². The highest BCUT2D eigenvalue weighted by Crippen LogP contribution is 2.44. The Kier molecular flexibility index (Phi) is 3.28. The van der Waals surface area contributed by atoms with E-state index in [0.717, 1.165) is 23.6 Å². The van der Waals surface area contributed by atoms with Crippen LogP contribution in [0.15, 0.2) is 24.2 Å². The summed E-state index contributed by atoms with van der Waals surface area (Å²) in [6.07, 6.45) is 10.2. The van der Waals surface area contributed by atoms with Gasteiger partial charge in [-0.05, 0) is 25.8 Å². The number of rotatable bonds is 2. The Morgan fingerprint density at radius 1 is 1.35 bits per heavy atom. The van der Waals surface area contributed by atoms with E-state index in [0.29, 0.717) is 0 Å². The lowest BCUT2D eigenvalue weighted by Crippen LogP contribution is -2.48. The number of hydrogen-bond donors (Lipinski definition) is 1. The molecule has 0 saturated heterocycles. The van der Waals surface area contributed by atoms with E-state index in [1.54, 1.807) is 0 Å². The molecule has 1 aliphatic carbocycles. The third-order valence-electron chi connectivity index (χ3n) is 4.67. The second-order valence-electron chi connectivity index (χ2n) is 5.85. The highest BCUT2D eigenvalue weighted by molar-refractivity contribution is 5.75. The van der Waals surface area contributed by atoms with Crippen LogP contribution in [0.5, 0.6) is 0 Å². The molecule has 106 valence electrons. The molecule has 0 aromatic carbocycles. The standard InChI is InChI=1S/C17H23N3/c1-4-14-11-15-13(3)19-12-17(9-7-6-8-10-17)20(15)16(14)18-5-2/h4-5,11,19H,1,3,6-10,12H2,2H3/b18-5-. The van der Waals surface area contributed by atoms with Crippen LogP contribution in [0.1, 0.15) is 50.3 Å². The molecule has 1 fully saturated rings. The van der Waals surface area contributed by atoms with E-state index in [1.165, 1.54) is 37.8 Å². The number of aromatic nitrogens is 1. The summed E-state index contributed by atoms with van der Waals surface area (Å²) in [5.74, 6) is 1.04. The lowest BCUT2D eigenvalue weighted by Gasteiger charge is -2.44. The summed E-state index contributed by atoms with van der Waals surface area (Å²) < 4.78 is 2.43. The zero-order valence-corrected chi connectivity index (χ0v) is 12.3. The van der Waals surface area contributed by atoms with Gasteiger partial charge in [0.15, 0.2) is 0 Å². The molecule has 3 heteroatoms. The van der Waals surface area contributed by atoms with Gasteiger partial charge in [-0.2, -0.15) is 0 Å². The third-order valence-corrected chi connectivity index (χ3v) is 4.67. The van der Waals surface area contributed by atoms with Crippen molar-refractivity contribution in [2.24, 2.45) is 4.99 Å². The van der Waals surface area contributed by atoms with Crippen molar-refractivity contribution in [3.63, 3.8) is 0 Å². The van der Waals surface area contributed by atoms with Gasteiger partial charge in [-0.15, -0.1) is 0 Å². The van der Waals surface area contributed by atoms with Crippen LogP contribution in [0.4, 0.5) is 5.82 Å².